The summed E-state index contributed by atoms with van der Waals surface area (Å²) in [7, 11) is 0. The number of nitrogens with zero attached hydrogens (tertiary/aromatic N) is 1. The summed E-state index contributed by atoms with van der Waals surface area (Å²) in [5.74, 6) is 0.411. The predicted octanol–water partition coefficient (Wildman–Crippen LogP) is 5.68. The number of carbonyl (C=O) groups excluding carboxylic acids is 1. The lowest BCUT2D eigenvalue weighted by atomic mass is 10.0. The van der Waals surface area contributed by atoms with E-state index in [-0.39, 0.29) is 17.2 Å². The molecule has 2 heterocycles. The van der Waals surface area contributed by atoms with Crippen LogP contribution >= 0.6 is 15.9 Å². The summed E-state index contributed by atoms with van der Waals surface area (Å²) in [6.45, 7) is 8.22. The Morgan fingerprint density at radius 3 is 2.33 bits per heavy atom. The Kier molecular flexibility index (Phi) is 6.17. The van der Waals surface area contributed by atoms with Crippen molar-refractivity contribution >= 4 is 32.7 Å². The fourth-order valence-electron chi connectivity index (χ4n) is 3.83. The van der Waals surface area contributed by atoms with E-state index in [9.17, 15) is 9.59 Å². The third-order valence-electron chi connectivity index (χ3n) is 5.14. The fourth-order valence-corrected chi connectivity index (χ4v) is 4.09. The van der Waals surface area contributed by atoms with Gasteiger partial charge in [0.2, 0.25) is 0 Å². The van der Waals surface area contributed by atoms with Crippen molar-refractivity contribution in [3.8, 4) is 22.6 Å². The summed E-state index contributed by atoms with van der Waals surface area (Å²) in [6, 6.07) is 16.6. The van der Waals surface area contributed by atoms with Gasteiger partial charge in [0.05, 0.1) is 17.7 Å². The van der Waals surface area contributed by atoms with Crippen LogP contribution in [0.25, 0.3) is 27.7 Å². The highest BCUT2D eigenvalue weighted by molar-refractivity contribution is 9.10. The lowest BCUT2D eigenvalue weighted by Crippen LogP contribution is -2.43. The van der Waals surface area contributed by atoms with Gasteiger partial charge < -0.3 is 15.0 Å². The van der Waals surface area contributed by atoms with Crippen molar-refractivity contribution in [2.75, 3.05) is 6.61 Å². The molecule has 0 radical (unpaired) electrons. The van der Waals surface area contributed by atoms with Gasteiger partial charge in [-0.15, -0.1) is 0 Å². The summed E-state index contributed by atoms with van der Waals surface area (Å²) in [4.78, 5) is 30.6. The van der Waals surface area contributed by atoms with Crippen molar-refractivity contribution in [2.24, 2.45) is 0 Å². The molecule has 0 bridgehead atoms. The van der Waals surface area contributed by atoms with Crippen molar-refractivity contribution in [1.82, 2.24) is 14.9 Å². The van der Waals surface area contributed by atoms with E-state index in [2.05, 4.69) is 26.2 Å². The number of halogens is 1. The molecular weight excluding hydrogens is 482 g/mol. The van der Waals surface area contributed by atoms with E-state index in [1.54, 1.807) is 6.20 Å². The first-order valence-corrected chi connectivity index (χ1v) is 11.6. The highest BCUT2D eigenvalue weighted by atomic mass is 79.9. The number of benzene rings is 2. The van der Waals surface area contributed by atoms with Gasteiger partial charge in [-0.2, -0.15) is 0 Å². The second kappa shape index (κ2) is 8.90. The van der Waals surface area contributed by atoms with E-state index in [1.807, 2.05) is 82.3 Å². The summed E-state index contributed by atoms with van der Waals surface area (Å²) in [5.41, 5.74) is 2.00. The lowest BCUT2D eigenvalue weighted by Gasteiger charge is -2.23. The number of pyridine rings is 1. The number of fused-ring (bicyclic) bond motifs is 1. The standard InChI is InChI=1S/C26H26BrN3O3/c1-5-33-19-12-6-16(7-13-19)21-20-14-15-28-22(20)23(24(31)29-26(2,3)4)30(25(21)32)18-10-8-17(27)9-11-18/h6-15,28H,5H2,1-4H3,(H,29,31). The van der Waals surface area contributed by atoms with Crippen LogP contribution in [0.2, 0.25) is 0 Å². The van der Waals surface area contributed by atoms with Crippen LogP contribution in [0.15, 0.2) is 70.1 Å². The van der Waals surface area contributed by atoms with Gasteiger partial charge in [-0.1, -0.05) is 28.1 Å². The van der Waals surface area contributed by atoms with Gasteiger partial charge in [0, 0.05) is 27.3 Å². The Morgan fingerprint density at radius 2 is 1.73 bits per heavy atom. The summed E-state index contributed by atoms with van der Waals surface area (Å²) in [5, 5.41) is 3.69. The molecule has 2 N–H and O–H groups in total. The van der Waals surface area contributed by atoms with Crippen LogP contribution in [0.5, 0.6) is 5.75 Å². The minimum absolute atomic E-state index is 0.270. The Morgan fingerprint density at radius 1 is 1.06 bits per heavy atom. The van der Waals surface area contributed by atoms with Crippen molar-refractivity contribution in [2.45, 2.75) is 33.2 Å². The molecule has 1 amide bonds. The molecule has 0 unspecified atom stereocenters. The van der Waals surface area contributed by atoms with E-state index >= 15 is 0 Å². The monoisotopic (exact) mass is 507 g/mol. The molecule has 0 aliphatic carbocycles. The fraction of sp³-hybridized carbons (Fsp3) is 0.231. The molecule has 4 aromatic rings. The zero-order chi connectivity index (χ0) is 23.8. The smallest absolute Gasteiger partial charge is 0.270 e. The van der Waals surface area contributed by atoms with Gasteiger partial charge in [-0.3, -0.25) is 14.2 Å². The molecule has 0 spiro atoms. The number of amides is 1. The molecule has 2 aromatic carbocycles. The number of hydrogen-bond acceptors (Lipinski definition) is 3. The second-order valence-corrected chi connectivity index (χ2v) is 9.68. The topological polar surface area (TPSA) is 76.1 Å². The number of rotatable bonds is 5. The molecule has 0 saturated heterocycles. The minimum atomic E-state index is -0.468. The molecule has 7 heteroatoms. The number of ether oxygens (including phenoxy) is 1. The van der Waals surface area contributed by atoms with E-state index in [1.165, 1.54) is 4.57 Å². The largest absolute Gasteiger partial charge is 0.494 e. The highest BCUT2D eigenvalue weighted by Gasteiger charge is 2.26. The summed E-state index contributed by atoms with van der Waals surface area (Å²) >= 11 is 3.44. The van der Waals surface area contributed by atoms with Gasteiger partial charge in [-0.05, 0) is 75.7 Å². The zero-order valence-corrected chi connectivity index (χ0v) is 20.6. The van der Waals surface area contributed by atoms with Crippen LogP contribution < -0.4 is 15.6 Å². The molecule has 2 aromatic heterocycles. The third kappa shape index (κ3) is 4.59. The number of nitrogens with one attached hydrogen (secondary N) is 2. The Balaban J connectivity index is 2.03. The Labute approximate surface area is 200 Å². The lowest BCUT2D eigenvalue weighted by molar-refractivity contribution is 0.0913. The summed E-state index contributed by atoms with van der Waals surface area (Å²) in [6.07, 6.45) is 1.75. The van der Waals surface area contributed by atoms with Crippen LogP contribution in [-0.4, -0.2) is 27.6 Å². The minimum Gasteiger partial charge on any atom is -0.494 e. The van der Waals surface area contributed by atoms with E-state index in [4.69, 9.17) is 4.74 Å². The van der Waals surface area contributed by atoms with Gasteiger partial charge in [0.15, 0.2) is 0 Å². The predicted molar refractivity (Wildman–Crippen MR) is 135 cm³/mol. The number of H-pyrrole nitrogens is 1. The first kappa shape index (κ1) is 22.9. The second-order valence-electron chi connectivity index (χ2n) is 8.77. The average Bonchev–Trinajstić information content (AvgIpc) is 3.22. The number of aromatic nitrogens is 2. The molecule has 0 atom stereocenters. The number of aromatic amines is 1. The third-order valence-corrected chi connectivity index (χ3v) is 5.66. The Bertz CT molecular complexity index is 1360. The molecule has 0 aliphatic heterocycles. The van der Waals surface area contributed by atoms with Crippen LogP contribution in [0.1, 0.15) is 38.2 Å². The van der Waals surface area contributed by atoms with Gasteiger partial charge >= 0.3 is 0 Å². The van der Waals surface area contributed by atoms with Gasteiger partial charge in [0.1, 0.15) is 11.4 Å². The molecule has 6 nitrogen and oxygen atoms in total. The van der Waals surface area contributed by atoms with E-state index in [0.717, 1.165) is 15.8 Å². The van der Waals surface area contributed by atoms with Gasteiger partial charge in [-0.25, -0.2) is 0 Å². The van der Waals surface area contributed by atoms with Gasteiger partial charge in [0.25, 0.3) is 11.5 Å². The SMILES string of the molecule is CCOc1ccc(-c2c(=O)n(-c3ccc(Br)cc3)c(C(=O)NC(C)(C)C)c3[nH]ccc23)cc1. The van der Waals surface area contributed by atoms with Crippen molar-refractivity contribution in [1.29, 1.82) is 0 Å². The highest BCUT2D eigenvalue weighted by Crippen LogP contribution is 2.30. The molecule has 0 aliphatic rings. The van der Waals surface area contributed by atoms with E-state index < -0.39 is 5.54 Å². The molecule has 0 fully saturated rings. The number of carbonyl (C=O) groups is 1. The maximum atomic E-state index is 14.0. The molecule has 4 rings (SSSR count). The van der Waals surface area contributed by atoms with Crippen molar-refractivity contribution < 1.29 is 9.53 Å². The maximum Gasteiger partial charge on any atom is 0.270 e. The number of hydrogen-bond donors (Lipinski definition) is 2. The normalized spacial score (nSPS) is 11.5. The summed E-state index contributed by atoms with van der Waals surface area (Å²) < 4.78 is 7.92. The van der Waals surface area contributed by atoms with Crippen LogP contribution in [0.3, 0.4) is 0 Å². The first-order valence-electron chi connectivity index (χ1n) is 10.8. The van der Waals surface area contributed by atoms with Crippen LogP contribution in [0.4, 0.5) is 0 Å². The molecular formula is C26H26BrN3O3. The quantitative estimate of drug-likeness (QED) is 0.365. The zero-order valence-electron chi connectivity index (χ0n) is 19.0. The first-order chi connectivity index (χ1) is 15.7. The molecule has 33 heavy (non-hydrogen) atoms. The Hall–Kier alpha value is -3.32. The maximum absolute atomic E-state index is 14.0. The molecule has 0 saturated carbocycles. The van der Waals surface area contributed by atoms with Crippen molar-refractivity contribution in [3.05, 3.63) is 81.3 Å². The average molecular weight is 508 g/mol. The van der Waals surface area contributed by atoms with Crippen molar-refractivity contribution in [3.63, 3.8) is 0 Å². The van der Waals surface area contributed by atoms with Crippen LogP contribution in [0, 0.1) is 0 Å². The van der Waals surface area contributed by atoms with Crippen LogP contribution in [-0.2, 0) is 0 Å². The molecule has 170 valence electrons. The van der Waals surface area contributed by atoms with E-state index in [0.29, 0.717) is 28.8 Å².